The number of nitrogens with one attached hydrogen (secondary N) is 1. The molecule has 0 bridgehead atoms. The molecule has 3 nitrogen and oxygen atoms in total. The Morgan fingerprint density at radius 3 is 2.53 bits per heavy atom. The van der Waals surface area contributed by atoms with E-state index in [2.05, 4.69) is 12.2 Å². The van der Waals surface area contributed by atoms with Crippen LogP contribution in [0.25, 0.3) is 0 Å². The molecule has 2 aliphatic carbocycles. The number of rotatable bonds is 4. The molecular weight excluding hydrogens is 214 g/mol. The highest BCUT2D eigenvalue weighted by Gasteiger charge is 2.49. The fourth-order valence-electron chi connectivity index (χ4n) is 3.77. The molecule has 3 heteroatoms. The number of carboxylic acids is 1. The molecule has 0 radical (unpaired) electrons. The number of carbonyl (C=O) groups is 1. The Labute approximate surface area is 104 Å². The quantitative estimate of drug-likeness (QED) is 0.793. The second-order valence-electron chi connectivity index (χ2n) is 5.75. The molecule has 2 N–H and O–H groups in total. The van der Waals surface area contributed by atoms with Crippen LogP contribution in [0.4, 0.5) is 0 Å². The second kappa shape index (κ2) is 5.38. The summed E-state index contributed by atoms with van der Waals surface area (Å²) < 4.78 is 0. The third-order valence-electron chi connectivity index (χ3n) is 4.76. The molecule has 2 rings (SSSR count). The highest BCUT2D eigenvalue weighted by atomic mass is 16.4. The summed E-state index contributed by atoms with van der Waals surface area (Å²) in [6, 6.07) is 0.437. The van der Waals surface area contributed by atoms with Crippen LogP contribution in [-0.2, 0) is 4.79 Å². The van der Waals surface area contributed by atoms with Crippen LogP contribution < -0.4 is 5.32 Å². The standard InChI is InChI=1S/C14H25NO2/c1-2-11-7-6-10-14(11,13(16)17)15-12-8-4-3-5-9-12/h11-12,15H,2-10H2,1H3,(H,16,17). The predicted molar refractivity (Wildman–Crippen MR) is 68.0 cm³/mol. The van der Waals surface area contributed by atoms with Crippen molar-refractivity contribution in [1.82, 2.24) is 5.32 Å². The zero-order valence-corrected chi connectivity index (χ0v) is 10.9. The minimum Gasteiger partial charge on any atom is -0.480 e. The lowest BCUT2D eigenvalue weighted by Gasteiger charge is -2.37. The second-order valence-corrected chi connectivity index (χ2v) is 5.75. The average molecular weight is 239 g/mol. The van der Waals surface area contributed by atoms with Gasteiger partial charge in [0.25, 0.3) is 0 Å². The van der Waals surface area contributed by atoms with Crippen LogP contribution in [0, 0.1) is 5.92 Å². The normalized spacial score (nSPS) is 35.0. The van der Waals surface area contributed by atoms with Crippen molar-refractivity contribution < 1.29 is 9.90 Å². The molecule has 2 saturated carbocycles. The number of hydrogen-bond donors (Lipinski definition) is 2. The molecule has 2 atom stereocenters. The molecule has 0 spiro atoms. The van der Waals surface area contributed by atoms with Gasteiger partial charge in [0.2, 0.25) is 0 Å². The molecule has 0 heterocycles. The van der Waals surface area contributed by atoms with Crippen LogP contribution in [0.3, 0.4) is 0 Å². The van der Waals surface area contributed by atoms with Gasteiger partial charge in [-0.15, -0.1) is 0 Å². The van der Waals surface area contributed by atoms with Gasteiger partial charge in [-0.3, -0.25) is 10.1 Å². The first-order chi connectivity index (χ1) is 8.19. The van der Waals surface area contributed by atoms with Crippen LogP contribution in [0.2, 0.25) is 0 Å². The van der Waals surface area contributed by atoms with E-state index in [9.17, 15) is 9.90 Å². The van der Waals surface area contributed by atoms with E-state index >= 15 is 0 Å². The zero-order valence-electron chi connectivity index (χ0n) is 10.9. The van der Waals surface area contributed by atoms with Gasteiger partial charge in [-0.25, -0.2) is 0 Å². The van der Waals surface area contributed by atoms with Crippen LogP contribution in [0.5, 0.6) is 0 Å². The minimum atomic E-state index is -0.618. The maximum atomic E-state index is 11.7. The van der Waals surface area contributed by atoms with Gasteiger partial charge in [0, 0.05) is 6.04 Å². The first-order valence-corrected chi connectivity index (χ1v) is 7.20. The van der Waals surface area contributed by atoms with Gasteiger partial charge in [-0.2, -0.15) is 0 Å². The summed E-state index contributed by atoms with van der Waals surface area (Å²) in [7, 11) is 0. The highest BCUT2D eigenvalue weighted by molar-refractivity contribution is 5.79. The molecule has 0 aromatic carbocycles. The van der Waals surface area contributed by atoms with Crippen molar-refractivity contribution >= 4 is 5.97 Å². The number of carboxylic acid groups (broad SMARTS) is 1. The minimum absolute atomic E-state index is 0.321. The summed E-state index contributed by atoms with van der Waals surface area (Å²) in [6.07, 6.45) is 10.1. The van der Waals surface area contributed by atoms with E-state index in [1.54, 1.807) is 0 Å². The van der Waals surface area contributed by atoms with E-state index in [1.165, 1.54) is 19.3 Å². The molecule has 0 saturated heterocycles. The molecule has 0 aromatic heterocycles. The lowest BCUT2D eigenvalue weighted by Crippen LogP contribution is -2.58. The Morgan fingerprint density at radius 1 is 1.24 bits per heavy atom. The molecule has 2 aliphatic rings. The monoisotopic (exact) mass is 239 g/mol. The fourth-order valence-corrected chi connectivity index (χ4v) is 3.77. The van der Waals surface area contributed by atoms with E-state index in [4.69, 9.17) is 0 Å². The van der Waals surface area contributed by atoms with Gasteiger partial charge < -0.3 is 5.11 Å². The average Bonchev–Trinajstić information content (AvgIpc) is 2.74. The zero-order chi connectivity index (χ0) is 12.3. The summed E-state index contributed by atoms with van der Waals surface area (Å²) in [5, 5.41) is 13.2. The van der Waals surface area contributed by atoms with Crippen molar-refractivity contribution in [2.24, 2.45) is 5.92 Å². The van der Waals surface area contributed by atoms with Gasteiger partial charge in [0.15, 0.2) is 0 Å². The van der Waals surface area contributed by atoms with Gasteiger partial charge in [-0.05, 0) is 31.6 Å². The number of hydrogen-bond acceptors (Lipinski definition) is 2. The van der Waals surface area contributed by atoms with Crippen molar-refractivity contribution in [3.8, 4) is 0 Å². The summed E-state index contributed by atoms with van der Waals surface area (Å²) in [4.78, 5) is 11.7. The molecule has 0 aliphatic heterocycles. The maximum absolute atomic E-state index is 11.7. The molecule has 0 aromatic rings. The Morgan fingerprint density at radius 2 is 1.94 bits per heavy atom. The summed E-state index contributed by atoms with van der Waals surface area (Å²) in [6.45, 7) is 2.12. The topological polar surface area (TPSA) is 49.3 Å². The Bertz CT molecular complexity index is 273. The van der Waals surface area contributed by atoms with Crippen molar-refractivity contribution in [3.05, 3.63) is 0 Å². The smallest absolute Gasteiger partial charge is 0.324 e. The van der Waals surface area contributed by atoms with Crippen molar-refractivity contribution in [1.29, 1.82) is 0 Å². The van der Waals surface area contributed by atoms with E-state index < -0.39 is 11.5 Å². The maximum Gasteiger partial charge on any atom is 0.324 e. The van der Waals surface area contributed by atoms with Gasteiger partial charge >= 0.3 is 5.97 Å². The van der Waals surface area contributed by atoms with E-state index in [0.717, 1.165) is 38.5 Å². The van der Waals surface area contributed by atoms with E-state index in [0.29, 0.717) is 12.0 Å². The molecule has 2 fully saturated rings. The molecular formula is C14H25NO2. The molecule has 0 amide bonds. The van der Waals surface area contributed by atoms with E-state index in [1.807, 2.05) is 0 Å². The van der Waals surface area contributed by atoms with Crippen LogP contribution in [-0.4, -0.2) is 22.7 Å². The first-order valence-electron chi connectivity index (χ1n) is 7.20. The SMILES string of the molecule is CCC1CCCC1(NC1CCCCC1)C(=O)O. The Hall–Kier alpha value is -0.570. The first kappa shape index (κ1) is 12.9. The molecule has 2 unspecified atom stereocenters. The number of aliphatic carboxylic acids is 1. The third kappa shape index (κ3) is 2.49. The van der Waals surface area contributed by atoms with Gasteiger partial charge in [-0.1, -0.05) is 39.0 Å². The summed E-state index contributed by atoms with van der Waals surface area (Å²) in [5.41, 5.74) is -0.614. The molecule has 98 valence electrons. The van der Waals surface area contributed by atoms with Gasteiger partial charge in [0.1, 0.15) is 5.54 Å². The Balaban J connectivity index is 2.08. The summed E-state index contributed by atoms with van der Waals surface area (Å²) >= 11 is 0. The van der Waals surface area contributed by atoms with Crippen molar-refractivity contribution in [3.63, 3.8) is 0 Å². The van der Waals surface area contributed by atoms with Gasteiger partial charge in [0.05, 0.1) is 0 Å². The third-order valence-corrected chi connectivity index (χ3v) is 4.76. The molecule has 17 heavy (non-hydrogen) atoms. The van der Waals surface area contributed by atoms with Crippen molar-refractivity contribution in [2.45, 2.75) is 76.3 Å². The van der Waals surface area contributed by atoms with Crippen LogP contribution >= 0.6 is 0 Å². The van der Waals surface area contributed by atoms with Crippen LogP contribution in [0.1, 0.15) is 64.7 Å². The Kier molecular flexibility index (Phi) is 4.08. The summed E-state index contributed by atoms with van der Waals surface area (Å²) in [5.74, 6) is -0.297. The highest BCUT2D eigenvalue weighted by Crippen LogP contribution is 2.39. The largest absolute Gasteiger partial charge is 0.480 e. The van der Waals surface area contributed by atoms with Crippen molar-refractivity contribution in [2.75, 3.05) is 0 Å². The van der Waals surface area contributed by atoms with Crippen LogP contribution in [0.15, 0.2) is 0 Å². The lowest BCUT2D eigenvalue weighted by atomic mass is 9.82. The fraction of sp³-hybridized carbons (Fsp3) is 0.929. The lowest BCUT2D eigenvalue weighted by molar-refractivity contribution is -0.147. The predicted octanol–water partition coefficient (Wildman–Crippen LogP) is 2.94. The van der Waals surface area contributed by atoms with E-state index in [-0.39, 0.29) is 0 Å².